The minimum Gasteiger partial charge on any atom is -0.252 e. The molecule has 0 fully saturated rings. The van der Waals surface area contributed by atoms with Crippen molar-refractivity contribution in [2.24, 2.45) is 88.8 Å². The fourth-order valence-corrected chi connectivity index (χ4v) is 16.7. The van der Waals surface area contributed by atoms with Crippen molar-refractivity contribution in [1.82, 2.24) is 120 Å². The number of nitrogens with zero attached hydrogens (tertiary/aromatic N) is 24. The van der Waals surface area contributed by atoms with Crippen molar-refractivity contribution in [3.63, 3.8) is 0 Å². The second-order valence-corrected chi connectivity index (χ2v) is 48.3. The molecule has 8 aromatic rings. The van der Waals surface area contributed by atoms with Gasteiger partial charge in [0.2, 0.25) is 0 Å². The zero-order valence-electron chi connectivity index (χ0n) is 101. The van der Waals surface area contributed by atoms with Gasteiger partial charge in [-0.25, -0.2) is 18.7 Å². The predicted octanol–water partition coefficient (Wildman–Crippen LogP) is 33.4. The highest BCUT2D eigenvalue weighted by Crippen LogP contribution is 2.22. The molecule has 0 amide bonds. The van der Waals surface area contributed by atoms with Gasteiger partial charge in [-0.15, -0.1) is 40.8 Å². The second-order valence-electron chi connectivity index (χ2n) is 48.3. The molecule has 145 heavy (non-hydrogen) atoms. The van der Waals surface area contributed by atoms with Gasteiger partial charge in [0.05, 0.1) is 70.3 Å². The summed E-state index contributed by atoms with van der Waals surface area (Å²) in [5, 5.41) is 66.6. The van der Waals surface area contributed by atoms with Crippen LogP contribution in [0.15, 0.2) is 49.6 Å². The average Bonchev–Trinajstić information content (AvgIpc) is 1.77. The van der Waals surface area contributed by atoms with E-state index in [1.165, 1.54) is 286 Å². The van der Waals surface area contributed by atoms with Crippen LogP contribution in [0.4, 0.5) is 0 Å². The largest absolute Gasteiger partial charge is 0.252 e. The highest BCUT2D eigenvalue weighted by Gasteiger charge is 2.14. The average molecular weight is 2030 g/mol. The highest BCUT2D eigenvalue weighted by atomic mass is 15.5. The van der Waals surface area contributed by atoms with Gasteiger partial charge in [0.15, 0.2) is 0 Å². The zero-order chi connectivity index (χ0) is 108. The molecule has 0 aliphatic rings. The molecule has 0 aliphatic heterocycles. The summed E-state index contributed by atoms with van der Waals surface area (Å²) in [7, 11) is 0. The van der Waals surface area contributed by atoms with Crippen molar-refractivity contribution in [3.05, 3.63) is 95.1 Å². The number of rotatable bonds is 72. The van der Waals surface area contributed by atoms with Crippen molar-refractivity contribution in [2.75, 3.05) is 0 Å². The van der Waals surface area contributed by atoms with Crippen molar-refractivity contribution in [3.8, 4) is 0 Å². The summed E-state index contributed by atoms with van der Waals surface area (Å²) in [6, 6.07) is 0. The maximum absolute atomic E-state index is 4.22. The van der Waals surface area contributed by atoms with Crippen molar-refractivity contribution >= 4 is 0 Å². The molecule has 8 aromatic heterocycles. The first-order chi connectivity index (χ1) is 69.3. The molecule has 24 heteroatoms. The van der Waals surface area contributed by atoms with Crippen LogP contribution in [0.2, 0.25) is 0 Å². The number of aryl methyl sites for hydroxylation is 15. The van der Waals surface area contributed by atoms with Crippen LogP contribution in [-0.2, 0) is 104 Å². The molecule has 0 aliphatic carbocycles. The number of hydrogen-bond acceptors (Lipinski definition) is 16. The van der Waals surface area contributed by atoms with Gasteiger partial charge in [-0.2, -0.15) is 0 Å². The monoisotopic (exact) mass is 2030 g/mol. The summed E-state index contributed by atoms with van der Waals surface area (Å²) in [5.74, 6) is 11.8. The van der Waals surface area contributed by atoms with Gasteiger partial charge in [-0.3, -0.25) is 18.7 Å². The Morgan fingerprint density at radius 3 is 0.703 bits per heavy atom. The first-order valence-electron chi connectivity index (χ1n) is 60.4. The summed E-state index contributed by atoms with van der Waals surface area (Å²) >= 11 is 0. The van der Waals surface area contributed by atoms with Gasteiger partial charge in [0.25, 0.3) is 0 Å². The smallest absolute Gasteiger partial charge is 0.0829 e. The third-order valence-corrected chi connectivity index (χ3v) is 25.9. The van der Waals surface area contributed by atoms with E-state index in [0.29, 0.717) is 5.92 Å². The molecule has 0 aromatic carbocycles. The molecule has 0 bridgehead atoms. The highest BCUT2D eigenvalue weighted by molar-refractivity contribution is 4.99. The van der Waals surface area contributed by atoms with Crippen LogP contribution in [0.1, 0.15) is 537 Å². The minimum absolute atomic E-state index is 0.659. The van der Waals surface area contributed by atoms with E-state index in [4.69, 9.17) is 0 Å². The quantitative estimate of drug-likeness (QED) is 0.0322. The molecule has 0 N–H and O–H groups in total. The van der Waals surface area contributed by atoms with E-state index in [9.17, 15) is 0 Å². The Morgan fingerprint density at radius 1 is 0.179 bits per heavy atom. The van der Waals surface area contributed by atoms with E-state index in [-0.39, 0.29) is 0 Å². The van der Waals surface area contributed by atoms with Gasteiger partial charge in [0.1, 0.15) is 0 Å². The van der Waals surface area contributed by atoms with Crippen molar-refractivity contribution < 1.29 is 0 Å². The van der Waals surface area contributed by atoms with Crippen LogP contribution in [-0.4, -0.2) is 120 Å². The Kier molecular flexibility index (Phi) is 86.7. The van der Waals surface area contributed by atoms with Crippen molar-refractivity contribution in [1.29, 1.82) is 0 Å². The standard InChI is InChI=1S/4C16H31N3.3C14H27N3.C13H25N3.C2H6/c2*1-14(2)9-5-6-11-16-13-17-18-19(16)12-8-7-10-15(3)4;2*1-14(2)9-6-5-7-11-16-13-17-18-19(16)12-8-10-15(3)4;1-12(2)7-5-9-14-11-17(16-15-14)10-6-8-13(3)4;1-12(2)7-5-6-8-14-11-17(16-15-14)10-9-13(3)4;1-12(2)8-6-5-7-9-17-11-14(15-16-17)10-13(3)4;1-4-5-6-7-10-16-11-13(14-15-16)9-8-12(2)3;1-2/h4*13-15H,5-12H2,1-4H3;3*11-13H,5-10H2,1-4H3;11-12H,4-10H2,1-3H3;1-2H3. The van der Waals surface area contributed by atoms with Gasteiger partial charge < -0.3 is 0 Å². The summed E-state index contributed by atoms with van der Waals surface area (Å²) in [6.45, 7) is 82.6. The van der Waals surface area contributed by atoms with E-state index in [0.717, 1.165) is 209 Å². The van der Waals surface area contributed by atoms with Crippen LogP contribution in [0.3, 0.4) is 0 Å². The van der Waals surface area contributed by atoms with E-state index < -0.39 is 0 Å². The minimum atomic E-state index is 0.659. The Morgan fingerprint density at radius 2 is 0.393 bits per heavy atom. The Balaban J connectivity index is 0.00000163. The molecule has 840 valence electrons. The molecule has 24 nitrogen and oxygen atoms in total. The summed E-state index contributed by atoms with van der Waals surface area (Å²) in [5.41, 5.74) is 9.82. The van der Waals surface area contributed by atoms with E-state index in [2.05, 4.69) is 341 Å². The topological polar surface area (TPSA) is 246 Å². The fourth-order valence-electron chi connectivity index (χ4n) is 16.7. The lowest BCUT2D eigenvalue weighted by Gasteiger charge is -2.08. The molecule has 8 heterocycles. The lowest BCUT2D eigenvalue weighted by Crippen LogP contribution is -2.06. The van der Waals surface area contributed by atoms with Crippen LogP contribution in [0.25, 0.3) is 0 Å². The summed E-state index contributed by atoms with van der Waals surface area (Å²) < 4.78 is 16.4. The lowest BCUT2D eigenvalue weighted by molar-refractivity contribution is 0.468. The molecule has 0 spiro atoms. The maximum Gasteiger partial charge on any atom is 0.0829 e. The number of unbranched alkanes of at least 4 members (excludes halogenated alkanes) is 14. The number of aromatic nitrogens is 24. The van der Waals surface area contributed by atoms with Gasteiger partial charge in [-0.05, 0) is 256 Å². The normalized spacial score (nSPS) is 11.5. The molecule has 0 atom stereocenters. The Bertz CT molecular complexity index is 3810. The van der Waals surface area contributed by atoms with E-state index in [1.54, 1.807) is 0 Å². The second kappa shape index (κ2) is 91.0. The first kappa shape index (κ1) is 138. The van der Waals surface area contributed by atoms with E-state index >= 15 is 0 Å². The maximum atomic E-state index is 4.22. The van der Waals surface area contributed by atoms with Crippen LogP contribution in [0.5, 0.6) is 0 Å². The van der Waals surface area contributed by atoms with Crippen LogP contribution in [0, 0.1) is 88.8 Å². The van der Waals surface area contributed by atoms with Crippen LogP contribution >= 0.6 is 0 Å². The SMILES string of the molecule is CC.CC(C)CCCCCc1cnnn1CCCC(C)C.CC(C)CCCCCc1cnnn1CCCC(C)C.CC(C)CCCCCn1cc(CC(C)C)nn1.CC(C)CCCCc1cn(CCC(C)C)nn1.CC(C)CCCCc1cnnn1CCCCC(C)C.CC(C)CCCCc1cnnn1CCCCC(C)C.CC(C)CCCc1cn(CCCC(C)C)nn1.CCCCCCn1cc(CCC(C)C)nn1. The van der Waals surface area contributed by atoms with Gasteiger partial charge in [0, 0.05) is 77.1 Å². The third kappa shape index (κ3) is 84.5. The zero-order valence-corrected chi connectivity index (χ0v) is 101. The van der Waals surface area contributed by atoms with Crippen LogP contribution < -0.4 is 0 Å². The van der Waals surface area contributed by atoms with Gasteiger partial charge >= 0.3 is 0 Å². The first-order valence-corrected chi connectivity index (χ1v) is 60.4. The molecular formula is C121H236N24. The lowest BCUT2D eigenvalue weighted by atomic mass is 10.0. The summed E-state index contributed by atoms with van der Waals surface area (Å²) in [4.78, 5) is 0. The molecular weight excluding hydrogens is 1790 g/mol. The van der Waals surface area contributed by atoms with Crippen molar-refractivity contribution in [2.45, 2.75) is 595 Å². The molecule has 0 radical (unpaired) electrons. The Hall–Kier alpha value is -6.88. The Labute approximate surface area is 894 Å². The summed E-state index contributed by atoms with van der Waals surface area (Å²) in [6.07, 6.45) is 77.6. The third-order valence-electron chi connectivity index (χ3n) is 25.9. The number of hydrogen-bond donors (Lipinski definition) is 0. The van der Waals surface area contributed by atoms with E-state index in [1.807, 2.05) is 57.4 Å². The predicted molar refractivity (Wildman–Crippen MR) is 619 cm³/mol. The molecule has 8 rings (SSSR count). The fraction of sp³-hybridized carbons (Fsp3) is 0.868. The van der Waals surface area contributed by atoms with Gasteiger partial charge in [-0.1, -0.05) is 418 Å². The molecule has 0 saturated heterocycles. The molecule has 0 saturated carbocycles. The molecule has 0 unspecified atom stereocenters.